The molecule has 0 amide bonds. The van der Waals surface area contributed by atoms with E-state index in [0.717, 1.165) is 17.6 Å². The highest BCUT2D eigenvalue weighted by molar-refractivity contribution is 5.80. The molecule has 17 heavy (non-hydrogen) atoms. The minimum absolute atomic E-state index is 0.368. The number of hydrogen-bond donors (Lipinski definition) is 1. The molecule has 0 saturated heterocycles. The second-order valence-electron chi connectivity index (χ2n) is 3.75. The molecule has 4 heteroatoms. The van der Waals surface area contributed by atoms with E-state index in [-0.39, 0.29) is 5.63 Å². The molecule has 2 aromatic rings. The molecule has 0 saturated carbocycles. The lowest BCUT2D eigenvalue weighted by Crippen LogP contribution is -2.06. The minimum atomic E-state index is -0.368. The second-order valence-corrected chi connectivity index (χ2v) is 3.75. The van der Waals surface area contributed by atoms with Gasteiger partial charge >= 0.3 is 5.63 Å². The fraction of sp³-hybridized carbons (Fsp3) is 0.308. The van der Waals surface area contributed by atoms with Crippen LogP contribution in [0.3, 0.4) is 0 Å². The van der Waals surface area contributed by atoms with Gasteiger partial charge in [-0.1, -0.05) is 6.92 Å². The third-order valence-corrected chi connectivity index (χ3v) is 2.45. The standard InChI is InChI=1S/C13H15NO3/c1-3-6-16-10-5-4-9-7-11(14-2)13(15)17-12(9)8-10/h4-5,7-8,14H,3,6H2,1-2H3. The maximum absolute atomic E-state index is 11.5. The second kappa shape index (κ2) is 4.91. The summed E-state index contributed by atoms with van der Waals surface area (Å²) < 4.78 is 10.7. The van der Waals surface area contributed by atoms with Crippen molar-refractivity contribution in [1.82, 2.24) is 0 Å². The van der Waals surface area contributed by atoms with Gasteiger partial charge < -0.3 is 14.5 Å². The number of anilines is 1. The topological polar surface area (TPSA) is 51.5 Å². The first-order valence-electron chi connectivity index (χ1n) is 5.63. The van der Waals surface area contributed by atoms with Gasteiger partial charge in [0.1, 0.15) is 17.0 Å². The minimum Gasteiger partial charge on any atom is -0.493 e. The molecule has 0 fully saturated rings. The van der Waals surface area contributed by atoms with Gasteiger partial charge in [-0.2, -0.15) is 0 Å². The van der Waals surface area contributed by atoms with Crippen molar-refractivity contribution >= 4 is 16.7 Å². The smallest absolute Gasteiger partial charge is 0.359 e. The summed E-state index contributed by atoms with van der Waals surface area (Å²) in [5, 5.41) is 3.67. The molecule has 0 unspecified atom stereocenters. The van der Waals surface area contributed by atoms with E-state index in [1.165, 1.54) is 0 Å². The van der Waals surface area contributed by atoms with Crippen LogP contribution in [-0.4, -0.2) is 13.7 Å². The van der Waals surface area contributed by atoms with Crippen LogP contribution in [0.1, 0.15) is 13.3 Å². The highest BCUT2D eigenvalue weighted by Gasteiger charge is 2.04. The lowest BCUT2D eigenvalue weighted by Gasteiger charge is -2.06. The van der Waals surface area contributed by atoms with Crippen molar-refractivity contribution in [3.05, 3.63) is 34.7 Å². The maximum atomic E-state index is 11.5. The molecule has 0 bridgehead atoms. The molecule has 2 rings (SSSR count). The van der Waals surface area contributed by atoms with E-state index < -0.39 is 0 Å². The zero-order valence-electron chi connectivity index (χ0n) is 9.95. The summed E-state index contributed by atoms with van der Waals surface area (Å²) in [6.07, 6.45) is 0.945. The van der Waals surface area contributed by atoms with Crippen molar-refractivity contribution in [3.8, 4) is 5.75 Å². The van der Waals surface area contributed by atoms with E-state index in [4.69, 9.17) is 9.15 Å². The van der Waals surface area contributed by atoms with Crippen LogP contribution in [-0.2, 0) is 0 Å². The van der Waals surface area contributed by atoms with Gasteiger partial charge in [0.2, 0.25) is 0 Å². The van der Waals surface area contributed by atoms with Crippen molar-refractivity contribution in [2.45, 2.75) is 13.3 Å². The first-order chi connectivity index (χ1) is 8.24. The maximum Gasteiger partial charge on any atom is 0.359 e. The van der Waals surface area contributed by atoms with Crippen LogP contribution < -0.4 is 15.7 Å². The molecule has 0 aliphatic carbocycles. The Labute approximate surface area is 99.2 Å². The van der Waals surface area contributed by atoms with Gasteiger partial charge in [0.15, 0.2) is 0 Å². The van der Waals surface area contributed by atoms with E-state index in [0.29, 0.717) is 17.9 Å². The summed E-state index contributed by atoms with van der Waals surface area (Å²) in [5.74, 6) is 0.722. The number of hydrogen-bond acceptors (Lipinski definition) is 4. The number of nitrogens with one attached hydrogen (secondary N) is 1. The predicted molar refractivity (Wildman–Crippen MR) is 67.8 cm³/mol. The monoisotopic (exact) mass is 233 g/mol. The predicted octanol–water partition coefficient (Wildman–Crippen LogP) is 2.62. The van der Waals surface area contributed by atoms with Gasteiger partial charge in [-0.3, -0.25) is 0 Å². The van der Waals surface area contributed by atoms with Crippen LogP contribution in [0.2, 0.25) is 0 Å². The SMILES string of the molecule is CCCOc1ccc2cc(NC)c(=O)oc2c1. The number of ether oxygens (including phenoxy) is 1. The summed E-state index contributed by atoms with van der Waals surface area (Å²) in [5.41, 5.74) is 0.634. The summed E-state index contributed by atoms with van der Waals surface area (Å²) in [6, 6.07) is 7.26. The Balaban J connectivity index is 2.44. The van der Waals surface area contributed by atoms with Gasteiger partial charge in [-0.15, -0.1) is 0 Å². The molecular formula is C13H15NO3. The van der Waals surface area contributed by atoms with Crippen molar-refractivity contribution in [2.24, 2.45) is 0 Å². The Morgan fingerprint density at radius 2 is 2.18 bits per heavy atom. The largest absolute Gasteiger partial charge is 0.493 e. The zero-order valence-corrected chi connectivity index (χ0v) is 9.95. The van der Waals surface area contributed by atoms with Crippen molar-refractivity contribution in [3.63, 3.8) is 0 Å². The van der Waals surface area contributed by atoms with Gasteiger partial charge in [0.25, 0.3) is 0 Å². The van der Waals surface area contributed by atoms with Crippen molar-refractivity contribution in [2.75, 3.05) is 19.0 Å². The van der Waals surface area contributed by atoms with Crippen LogP contribution in [0.25, 0.3) is 11.0 Å². The van der Waals surface area contributed by atoms with Crippen LogP contribution >= 0.6 is 0 Å². The Morgan fingerprint density at radius 3 is 2.88 bits per heavy atom. The lowest BCUT2D eigenvalue weighted by molar-refractivity contribution is 0.317. The quantitative estimate of drug-likeness (QED) is 0.825. The number of rotatable bonds is 4. The number of benzene rings is 1. The average molecular weight is 233 g/mol. The Kier molecular flexibility index (Phi) is 3.32. The molecule has 1 aromatic carbocycles. The van der Waals surface area contributed by atoms with Crippen LogP contribution in [0.4, 0.5) is 5.69 Å². The van der Waals surface area contributed by atoms with Crippen LogP contribution in [0.15, 0.2) is 33.5 Å². The fourth-order valence-electron chi connectivity index (χ4n) is 1.58. The van der Waals surface area contributed by atoms with Crippen LogP contribution in [0, 0.1) is 0 Å². The van der Waals surface area contributed by atoms with Crippen LogP contribution in [0.5, 0.6) is 5.75 Å². The molecule has 1 aromatic heterocycles. The summed E-state index contributed by atoms with van der Waals surface area (Å²) in [6.45, 7) is 2.70. The van der Waals surface area contributed by atoms with Gasteiger partial charge in [0, 0.05) is 18.5 Å². The normalized spacial score (nSPS) is 10.5. The number of fused-ring (bicyclic) bond motifs is 1. The van der Waals surface area contributed by atoms with Crippen molar-refractivity contribution < 1.29 is 9.15 Å². The summed E-state index contributed by atoms with van der Waals surface area (Å²) >= 11 is 0. The van der Waals surface area contributed by atoms with Gasteiger partial charge in [0.05, 0.1) is 6.61 Å². The highest BCUT2D eigenvalue weighted by Crippen LogP contribution is 2.21. The van der Waals surface area contributed by atoms with E-state index >= 15 is 0 Å². The molecule has 90 valence electrons. The highest BCUT2D eigenvalue weighted by atomic mass is 16.5. The molecule has 0 spiro atoms. The van der Waals surface area contributed by atoms with Crippen molar-refractivity contribution in [1.29, 1.82) is 0 Å². The molecular weight excluding hydrogens is 218 g/mol. The van der Waals surface area contributed by atoms with E-state index in [9.17, 15) is 4.79 Å². The van der Waals surface area contributed by atoms with E-state index in [1.807, 2.05) is 19.1 Å². The average Bonchev–Trinajstić information content (AvgIpc) is 2.35. The fourth-order valence-corrected chi connectivity index (χ4v) is 1.58. The van der Waals surface area contributed by atoms with Gasteiger partial charge in [-0.25, -0.2) is 4.79 Å². The lowest BCUT2D eigenvalue weighted by atomic mass is 10.2. The Bertz CT molecular complexity index is 574. The van der Waals surface area contributed by atoms with E-state index in [1.54, 1.807) is 19.2 Å². The Hall–Kier alpha value is -1.97. The molecule has 1 heterocycles. The molecule has 0 atom stereocenters. The molecule has 1 N–H and O–H groups in total. The first kappa shape index (κ1) is 11.5. The summed E-state index contributed by atoms with van der Waals surface area (Å²) in [7, 11) is 1.69. The van der Waals surface area contributed by atoms with Gasteiger partial charge in [-0.05, 0) is 24.6 Å². The molecule has 0 radical (unpaired) electrons. The summed E-state index contributed by atoms with van der Waals surface area (Å²) in [4.78, 5) is 11.5. The zero-order chi connectivity index (χ0) is 12.3. The Morgan fingerprint density at radius 1 is 1.35 bits per heavy atom. The third kappa shape index (κ3) is 2.41. The third-order valence-electron chi connectivity index (χ3n) is 2.45. The first-order valence-corrected chi connectivity index (χ1v) is 5.63. The van der Waals surface area contributed by atoms with E-state index in [2.05, 4.69) is 5.32 Å². The molecule has 0 aliphatic heterocycles. The molecule has 4 nitrogen and oxygen atoms in total. The molecule has 0 aliphatic rings.